The predicted octanol–water partition coefficient (Wildman–Crippen LogP) is 6.35. The van der Waals surface area contributed by atoms with E-state index >= 15 is 0 Å². The zero-order valence-electron chi connectivity index (χ0n) is 14.6. The van der Waals surface area contributed by atoms with Gasteiger partial charge >= 0.3 is 5.97 Å². The average Bonchev–Trinajstić information content (AvgIpc) is 2.93. The molecular formula is C20H36O2. The number of aliphatic carboxylic acids is 1. The second kappa shape index (κ2) is 12.7. The minimum absolute atomic E-state index is 0.339. The van der Waals surface area contributed by atoms with Crippen LogP contribution in [0.3, 0.4) is 0 Å². The highest BCUT2D eigenvalue weighted by Gasteiger charge is 2.21. The molecule has 2 nitrogen and oxygen atoms in total. The average molecular weight is 309 g/mol. The lowest BCUT2D eigenvalue weighted by Crippen LogP contribution is -2.08. The molecule has 1 aliphatic carbocycles. The van der Waals surface area contributed by atoms with Crippen LogP contribution in [0.25, 0.3) is 0 Å². The summed E-state index contributed by atoms with van der Waals surface area (Å²) in [5, 5.41) is 8.62. The highest BCUT2D eigenvalue weighted by Crippen LogP contribution is 2.33. The smallest absolute Gasteiger partial charge is 0.303 e. The van der Waals surface area contributed by atoms with Crippen LogP contribution in [0.15, 0.2) is 12.2 Å². The van der Waals surface area contributed by atoms with Gasteiger partial charge in [0.05, 0.1) is 0 Å². The van der Waals surface area contributed by atoms with Gasteiger partial charge < -0.3 is 5.11 Å². The Morgan fingerprint density at radius 2 is 1.59 bits per heavy atom. The Bertz CT molecular complexity index is 309. The van der Waals surface area contributed by atoms with E-state index in [1.807, 2.05) is 0 Å². The molecule has 2 atom stereocenters. The molecule has 0 aromatic rings. The normalized spacial score (nSPS) is 20.6. The fraction of sp³-hybridized carbons (Fsp3) is 0.850. The van der Waals surface area contributed by atoms with Crippen LogP contribution >= 0.6 is 0 Å². The van der Waals surface area contributed by atoms with E-state index in [4.69, 9.17) is 5.11 Å². The van der Waals surface area contributed by atoms with Gasteiger partial charge in [0.2, 0.25) is 0 Å². The number of hydrogen-bond acceptors (Lipinski definition) is 1. The third-order valence-corrected chi connectivity index (χ3v) is 5.03. The predicted molar refractivity (Wildman–Crippen MR) is 94.1 cm³/mol. The van der Waals surface area contributed by atoms with Gasteiger partial charge in [-0.15, -0.1) is 0 Å². The lowest BCUT2D eigenvalue weighted by molar-refractivity contribution is -0.137. The van der Waals surface area contributed by atoms with E-state index in [1.165, 1.54) is 70.6 Å². The SMILES string of the molecule is CCCCCCCC[C@H]1C=CC[C@@H]1CCCCCCC(=O)O. The summed E-state index contributed by atoms with van der Waals surface area (Å²) in [5.74, 6) is 1.04. The first-order valence-corrected chi connectivity index (χ1v) is 9.62. The van der Waals surface area contributed by atoms with Crippen LogP contribution in [0.1, 0.15) is 96.8 Å². The van der Waals surface area contributed by atoms with Gasteiger partial charge in [-0.05, 0) is 37.5 Å². The molecule has 22 heavy (non-hydrogen) atoms. The highest BCUT2D eigenvalue weighted by molar-refractivity contribution is 5.66. The number of hydrogen-bond donors (Lipinski definition) is 1. The number of carboxylic acids is 1. The molecule has 0 bridgehead atoms. The maximum atomic E-state index is 10.5. The van der Waals surface area contributed by atoms with Crippen molar-refractivity contribution < 1.29 is 9.90 Å². The monoisotopic (exact) mass is 308 g/mol. The molecular weight excluding hydrogens is 272 g/mol. The Morgan fingerprint density at radius 3 is 2.32 bits per heavy atom. The Morgan fingerprint density at radius 1 is 0.955 bits per heavy atom. The molecule has 2 heteroatoms. The van der Waals surface area contributed by atoms with Crippen LogP contribution in [0.5, 0.6) is 0 Å². The third-order valence-electron chi connectivity index (χ3n) is 5.03. The maximum absolute atomic E-state index is 10.5. The summed E-state index contributed by atoms with van der Waals surface area (Å²) in [6.07, 6.45) is 21.9. The quantitative estimate of drug-likeness (QED) is 0.300. The fourth-order valence-electron chi connectivity index (χ4n) is 3.62. The van der Waals surface area contributed by atoms with Gasteiger partial charge in [-0.25, -0.2) is 0 Å². The van der Waals surface area contributed by atoms with Crippen LogP contribution < -0.4 is 0 Å². The fourth-order valence-corrected chi connectivity index (χ4v) is 3.62. The zero-order chi connectivity index (χ0) is 16.0. The van der Waals surface area contributed by atoms with E-state index in [2.05, 4.69) is 19.1 Å². The molecule has 0 unspecified atom stereocenters. The zero-order valence-corrected chi connectivity index (χ0v) is 14.6. The van der Waals surface area contributed by atoms with E-state index < -0.39 is 5.97 Å². The van der Waals surface area contributed by atoms with Gasteiger partial charge in [-0.1, -0.05) is 76.9 Å². The van der Waals surface area contributed by atoms with Crippen LogP contribution in [-0.2, 0) is 4.79 Å². The van der Waals surface area contributed by atoms with E-state index in [1.54, 1.807) is 0 Å². The van der Waals surface area contributed by atoms with Crippen molar-refractivity contribution in [3.63, 3.8) is 0 Å². The molecule has 0 radical (unpaired) electrons. The van der Waals surface area contributed by atoms with Gasteiger partial charge in [0.25, 0.3) is 0 Å². The van der Waals surface area contributed by atoms with Gasteiger partial charge in [-0.2, -0.15) is 0 Å². The molecule has 0 aromatic carbocycles. The second-order valence-electron chi connectivity index (χ2n) is 6.99. The third kappa shape index (κ3) is 9.27. The van der Waals surface area contributed by atoms with Crippen molar-refractivity contribution in [1.82, 2.24) is 0 Å². The van der Waals surface area contributed by atoms with Crippen molar-refractivity contribution in [3.8, 4) is 0 Å². The van der Waals surface area contributed by atoms with Crippen LogP contribution in [0, 0.1) is 11.8 Å². The van der Waals surface area contributed by atoms with Crippen molar-refractivity contribution in [3.05, 3.63) is 12.2 Å². The van der Waals surface area contributed by atoms with Crippen molar-refractivity contribution in [2.75, 3.05) is 0 Å². The van der Waals surface area contributed by atoms with Gasteiger partial charge in [0, 0.05) is 6.42 Å². The minimum atomic E-state index is -0.654. The highest BCUT2D eigenvalue weighted by atomic mass is 16.4. The summed E-state index contributed by atoms with van der Waals surface area (Å²) >= 11 is 0. The number of rotatable bonds is 14. The van der Waals surface area contributed by atoms with Gasteiger partial charge in [-0.3, -0.25) is 4.79 Å². The van der Waals surface area contributed by atoms with E-state index in [9.17, 15) is 4.79 Å². The summed E-state index contributed by atoms with van der Waals surface area (Å²) in [6.45, 7) is 2.27. The van der Waals surface area contributed by atoms with Crippen molar-refractivity contribution in [2.24, 2.45) is 11.8 Å². The lowest BCUT2D eigenvalue weighted by atomic mass is 9.86. The van der Waals surface area contributed by atoms with E-state index in [-0.39, 0.29) is 0 Å². The Hall–Kier alpha value is -0.790. The molecule has 1 rings (SSSR count). The minimum Gasteiger partial charge on any atom is -0.481 e. The molecule has 0 saturated heterocycles. The first-order chi connectivity index (χ1) is 10.7. The summed E-state index contributed by atoms with van der Waals surface area (Å²) in [4.78, 5) is 10.5. The molecule has 0 aromatic heterocycles. The van der Waals surface area contributed by atoms with Gasteiger partial charge in [0.1, 0.15) is 0 Å². The maximum Gasteiger partial charge on any atom is 0.303 e. The van der Waals surface area contributed by atoms with Crippen molar-refractivity contribution >= 4 is 5.97 Å². The van der Waals surface area contributed by atoms with Crippen molar-refractivity contribution in [2.45, 2.75) is 96.8 Å². The molecule has 0 spiro atoms. The second-order valence-corrected chi connectivity index (χ2v) is 6.99. The molecule has 0 heterocycles. The topological polar surface area (TPSA) is 37.3 Å². The van der Waals surface area contributed by atoms with Crippen LogP contribution in [0.2, 0.25) is 0 Å². The summed E-state index contributed by atoms with van der Waals surface area (Å²) in [6, 6.07) is 0. The largest absolute Gasteiger partial charge is 0.481 e. The summed E-state index contributed by atoms with van der Waals surface area (Å²) in [7, 11) is 0. The molecule has 1 N–H and O–H groups in total. The molecule has 0 aliphatic heterocycles. The first-order valence-electron chi connectivity index (χ1n) is 9.62. The molecule has 1 aliphatic rings. The first kappa shape index (κ1) is 19.3. The number of carbonyl (C=O) groups is 1. The van der Waals surface area contributed by atoms with Crippen molar-refractivity contribution in [1.29, 1.82) is 0 Å². The summed E-state index contributed by atoms with van der Waals surface area (Å²) in [5.41, 5.74) is 0. The van der Waals surface area contributed by atoms with E-state index in [0.717, 1.165) is 24.7 Å². The van der Waals surface area contributed by atoms with Crippen LogP contribution in [0.4, 0.5) is 0 Å². The molecule has 0 fully saturated rings. The summed E-state index contributed by atoms with van der Waals surface area (Å²) < 4.78 is 0. The number of allylic oxidation sites excluding steroid dienone is 2. The number of unbranched alkanes of at least 4 members (excludes halogenated alkanes) is 8. The van der Waals surface area contributed by atoms with E-state index in [0.29, 0.717) is 6.42 Å². The van der Waals surface area contributed by atoms with Gasteiger partial charge in [0.15, 0.2) is 0 Å². The lowest BCUT2D eigenvalue weighted by Gasteiger charge is -2.19. The Balaban J connectivity index is 2.00. The Labute approximate surface area is 137 Å². The molecule has 128 valence electrons. The number of carboxylic acid groups (broad SMARTS) is 1. The molecule has 0 amide bonds. The standard InChI is InChI=1S/C20H36O2/c1-2-3-4-5-6-9-13-18-15-12-16-19(18)14-10-7-8-11-17-20(21)22/h12,15,18-19H,2-11,13-14,16-17H2,1H3,(H,21,22)/t18-,19-/m0/s1. The van der Waals surface area contributed by atoms with Crippen LogP contribution in [-0.4, -0.2) is 11.1 Å². The Kier molecular flexibility index (Phi) is 11.1. The molecule has 0 saturated carbocycles.